The third-order valence-electron chi connectivity index (χ3n) is 12.8. The Hall–Kier alpha value is -4.45. The number of fused-ring (bicyclic) bond motifs is 4. The van der Waals surface area contributed by atoms with Crippen LogP contribution in [0.25, 0.3) is 22.3 Å². The predicted octanol–water partition coefficient (Wildman–Crippen LogP) is 8.04. The number of rotatable bonds is 9. The van der Waals surface area contributed by atoms with E-state index in [1.54, 1.807) is 13.3 Å². The smallest absolute Gasteiger partial charge is 0.261 e. The second-order valence-electron chi connectivity index (χ2n) is 17.0. The standard InChI is InChI=1S/C41H46F3N7O2/c1-21(2)50-20-45-33-18-31(46-36(35(33)50)47-32-17-28(22(3)12-30(32)42)37(52)48-41(10-11-41)38(43)44)24-7-9-29-34(14-24)51(39(53)40(29,4)5)27-15-26(16-27)49-19-23-6-8-25(49)13-23/h7,9,12,14,17-18,20-21,23,25-27,38H,6,8,10-11,13,15-16,19H2,1-5H3,(H,46,47)(H,48,52)/t23-,25+,26?,27?/m0/s1. The van der Waals surface area contributed by atoms with Gasteiger partial charge >= 0.3 is 0 Å². The van der Waals surface area contributed by atoms with E-state index in [0.717, 1.165) is 35.6 Å². The molecule has 4 fully saturated rings. The summed E-state index contributed by atoms with van der Waals surface area (Å²) in [5.74, 6) is 0.00288. The van der Waals surface area contributed by atoms with Crippen LogP contribution in [-0.4, -0.2) is 67.9 Å². The SMILES string of the molecule is Cc1cc(F)c(Nc2nc(-c3ccc4c(c3)N(C3CC(N5C[C@H]6CC[C@@H]5C6)C3)C(=O)C4(C)C)cc3ncn(C(C)C)c23)cc1C(=O)NC1(C(F)F)CC1. The average Bonchev–Trinajstić information content (AvgIpc) is 3.38. The van der Waals surface area contributed by atoms with Crippen molar-refractivity contribution in [2.45, 2.75) is 121 Å². The van der Waals surface area contributed by atoms with Crippen LogP contribution in [0.4, 0.5) is 30.4 Å². The highest BCUT2D eigenvalue weighted by Gasteiger charge is 2.53. The third-order valence-corrected chi connectivity index (χ3v) is 12.8. The van der Waals surface area contributed by atoms with Crippen LogP contribution in [0.1, 0.15) is 100 Å². The van der Waals surface area contributed by atoms with Crippen LogP contribution in [0.15, 0.2) is 42.7 Å². The molecule has 5 aliphatic rings. The molecule has 12 heteroatoms. The van der Waals surface area contributed by atoms with Crippen molar-refractivity contribution in [2.24, 2.45) is 5.92 Å². The summed E-state index contributed by atoms with van der Waals surface area (Å²) in [5.41, 5.74) is 2.81. The quantitative estimate of drug-likeness (QED) is 0.182. The molecule has 0 radical (unpaired) electrons. The lowest BCUT2D eigenvalue weighted by atomic mass is 9.82. The fraction of sp³-hybridized carbons (Fsp3) is 0.512. The number of piperidine rings is 1. The van der Waals surface area contributed by atoms with E-state index in [4.69, 9.17) is 9.97 Å². The number of hydrogen-bond acceptors (Lipinski definition) is 6. The predicted molar refractivity (Wildman–Crippen MR) is 198 cm³/mol. The van der Waals surface area contributed by atoms with E-state index >= 15 is 4.39 Å². The van der Waals surface area contributed by atoms with Crippen LogP contribution in [-0.2, 0) is 10.2 Å². The summed E-state index contributed by atoms with van der Waals surface area (Å²) in [4.78, 5) is 41.7. The van der Waals surface area contributed by atoms with Crippen LogP contribution < -0.4 is 15.5 Å². The van der Waals surface area contributed by atoms with Gasteiger partial charge in [-0.1, -0.05) is 12.1 Å². The number of carbonyl (C=O) groups is 2. The minimum Gasteiger partial charge on any atom is -0.341 e. The molecule has 2 bridgehead atoms. The van der Waals surface area contributed by atoms with Crippen LogP contribution in [0.5, 0.6) is 0 Å². The first kappa shape index (κ1) is 34.3. The highest BCUT2D eigenvalue weighted by molar-refractivity contribution is 6.09. The van der Waals surface area contributed by atoms with Crippen LogP contribution >= 0.6 is 0 Å². The number of nitrogens with one attached hydrogen (secondary N) is 2. The number of imidazole rings is 1. The van der Waals surface area contributed by atoms with Gasteiger partial charge in [0, 0.05) is 47.5 Å². The minimum atomic E-state index is -2.69. The summed E-state index contributed by atoms with van der Waals surface area (Å²) in [7, 11) is 0. The molecule has 2 aromatic heterocycles. The number of hydrogen-bond donors (Lipinski definition) is 2. The van der Waals surface area contributed by atoms with Gasteiger partial charge in [0.15, 0.2) is 5.82 Å². The zero-order valence-electron chi connectivity index (χ0n) is 30.8. The number of carbonyl (C=O) groups excluding carboxylic acids is 2. The second-order valence-corrected chi connectivity index (χ2v) is 17.0. The van der Waals surface area contributed by atoms with Gasteiger partial charge in [-0.3, -0.25) is 14.5 Å². The normalized spacial score (nSPS) is 25.4. The fourth-order valence-electron chi connectivity index (χ4n) is 9.41. The summed E-state index contributed by atoms with van der Waals surface area (Å²) in [6, 6.07) is 11.9. The molecule has 2 N–H and O–H groups in total. The molecule has 278 valence electrons. The Morgan fingerprint density at radius 1 is 1.00 bits per heavy atom. The van der Waals surface area contributed by atoms with Crippen molar-refractivity contribution in [3.63, 3.8) is 0 Å². The molecule has 3 aliphatic carbocycles. The van der Waals surface area contributed by atoms with Gasteiger partial charge in [-0.25, -0.2) is 23.1 Å². The summed E-state index contributed by atoms with van der Waals surface area (Å²) in [6.45, 7) is 10.8. The van der Waals surface area contributed by atoms with Crippen LogP contribution in [0, 0.1) is 18.7 Å². The van der Waals surface area contributed by atoms with Crippen molar-refractivity contribution < 1.29 is 22.8 Å². The van der Waals surface area contributed by atoms with Crippen LogP contribution in [0.3, 0.4) is 0 Å². The zero-order valence-corrected chi connectivity index (χ0v) is 30.8. The van der Waals surface area contributed by atoms with Gasteiger partial charge in [-0.2, -0.15) is 0 Å². The van der Waals surface area contributed by atoms with E-state index in [-0.39, 0.29) is 42.1 Å². The molecule has 0 spiro atoms. The Bertz CT molecular complexity index is 2170. The van der Waals surface area contributed by atoms with E-state index < -0.39 is 29.1 Å². The number of alkyl halides is 2. The lowest BCUT2D eigenvalue weighted by Gasteiger charge is -2.48. The summed E-state index contributed by atoms with van der Waals surface area (Å²) in [6.07, 6.45) is 5.35. The molecule has 53 heavy (non-hydrogen) atoms. The number of nitrogens with zero attached hydrogens (tertiary/aromatic N) is 5. The molecule has 2 amide bonds. The van der Waals surface area contributed by atoms with Gasteiger partial charge in [0.1, 0.15) is 16.9 Å². The Morgan fingerprint density at radius 3 is 2.43 bits per heavy atom. The van der Waals surface area contributed by atoms with Crippen molar-refractivity contribution in [3.8, 4) is 11.3 Å². The first-order chi connectivity index (χ1) is 25.2. The average molecular weight is 726 g/mol. The van der Waals surface area contributed by atoms with Crippen molar-refractivity contribution in [1.29, 1.82) is 0 Å². The number of aryl methyl sites for hydroxylation is 1. The van der Waals surface area contributed by atoms with Crippen LogP contribution in [0.2, 0.25) is 0 Å². The van der Waals surface area contributed by atoms with E-state index in [1.165, 1.54) is 37.9 Å². The molecule has 4 aromatic rings. The molecular weight excluding hydrogens is 679 g/mol. The molecule has 9 nitrogen and oxygen atoms in total. The largest absolute Gasteiger partial charge is 0.341 e. The number of benzene rings is 2. The third kappa shape index (κ3) is 5.45. The van der Waals surface area contributed by atoms with Crippen molar-refractivity contribution in [3.05, 3.63) is 65.2 Å². The van der Waals surface area contributed by atoms with E-state index in [2.05, 4.69) is 21.6 Å². The monoisotopic (exact) mass is 725 g/mol. The Morgan fingerprint density at radius 2 is 1.77 bits per heavy atom. The summed E-state index contributed by atoms with van der Waals surface area (Å²) >= 11 is 0. The van der Waals surface area contributed by atoms with Gasteiger partial charge in [-0.15, -0.1) is 0 Å². The molecule has 0 unspecified atom stereocenters. The maximum Gasteiger partial charge on any atom is 0.261 e. The highest BCUT2D eigenvalue weighted by atomic mass is 19.3. The second kappa shape index (κ2) is 12.0. The molecule has 1 saturated heterocycles. The summed E-state index contributed by atoms with van der Waals surface area (Å²) < 4.78 is 44.9. The van der Waals surface area contributed by atoms with Crippen molar-refractivity contribution >= 4 is 40.0 Å². The lowest BCUT2D eigenvalue weighted by molar-refractivity contribution is -0.123. The maximum absolute atomic E-state index is 15.6. The number of aromatic nitrogens is 3. The first-order valence-electron chi connectivity index (χ1n) is 19.0. The molecular formula is C41H46F3N7O2. The summed E-state index contributed by atoms with van der Waals surface area (Å²) in [5, 5.41) is 5.63. The molecule has 2 aromatic carbocycles. The molecule has 9 rings (SSSR count). The lowest BCUT2D eigenvalue weighted by Crippen LogP contribution is -2.57. The fourth-order valence-corrected chi connectivity index (χ4v) is 9.41. The van der Waals surface area contributed by atoms with Gasteiger partial charge in [-0.05, 0) is 121 Å². The first-order valence-corrected chi connectivity index (χ1v) is 19.0. The number of pyridine rings is 1. The van der Waals surface area contributed by atoms with E-state index in [0.29, 0.717) is 40.2 Å². The van der Waals surface area contributed by atoms with Gasteiger partial charge in [0.25, 0.3) is 12.3 Å². The van der Waals surface area contributed by atoms with Crippen molar-refractivity contribution in [1.82, 2.24) is 24.8 Å². The topological polar surface area (TPSA) is 95.4 Å². The number of halogens is 3. The molecule has 4 heterocycles. The van der Waals surface area contributed by atoms with E-state index in [1.807, 2.05) is 55.4 Å². The Kier molecular flexibility index (Phi) is 7.79. The number of amides is 2. The number of likely N-dealkylation sites (tertiary alicyclic amines) is 1. The molecule has 3 saturated carbocycles. The van der Waals surface area contributed by atoms with Crippen molar-refractivity contribution in [2.75, 3.05) is 16.8 Å². The van der Waals surface area contributed by atoms with Gasteiger partial charge < -0.3 is 20.1 Å². The minimum absolute atomic E-state index is 0.00492. The number of anilines is 3. The highest BCUT2D eigenvalue weighted by Crippen LogP contribution is 2.50. The van der Waals surface area contributed by atoms with Gasteiger partial charge in [0.05, 0.1) is 28.6 Å². The Labute approximate surface area is 307 Å². The van der Waals surface area contributed by atoms with Gasteiger partial charge in [0.2, 0.25) is 5.91 Å². The van der Waals surface area contributed by atoms with E-state index in [9.17, 15) is 18.4 Å². The zero-order chi connectivity index (χ0) is 37.1. The molecule has 2 atom stereocenters. The maximum atomic E-state index is 15.6. The Balaban J connectivity index is 1.06. The molecule has 2 aliphatic heterocycles.